The summed E-state index contributed by atoms with van der Waals surface area (Å²) in [6.45, 7) is 7.27. The van der Waals surface area contributed by atoms with Crippen LogP contribution >= 0.6 is 0 Å². The molecule has 4 nitrogen and oxygen atoms in total. The van der Waals surface area contributed by atoms with Crippen LogP contribution in [0.4, 0.5) is 0 Å². The second kappa shape index (κ2) is 8.10. The van der Waals surface area contributed by atoms with Crippen LogP contribution in [0.1, 0.15) is 39.5 Å². The number of nitriles is 1. The third kappa shape index (κ3) is 5.05. The van der Waals surface area contributed by atoms with Crippen molar-refractivity contribution < 1.29 is 4.79 Å². The average Bonchev–Trinajstić information content (AvgIpc) is 2.42. The summed E-state index contributed by atoms with van der Waals surface area (Å²) in [5.41, 5.74) is 0. The van der Waals surface area contributed by atoms with Crippen LogP contribution in [0.5, 0.6) is 0 Å². The van der Waals surface area contributed by atoms with E-state index in [1.165, 1.54) is 12.8 Å². The highest BCUT2D eigenvalue weighted by Crippen LogP contribution is 2.16. The maximum atomic E-state index is 12.1. The van der Waals surface area contributed by atoms with Crippen molar-refractivity contribution in [1.29, 1.82) is 5.26 Å². The van der Waals surface area contributed by atoms with Gasteiger partial charge in [0, 0.05) is 19.5 Å². The minimum atomic E-state index is -0.0785. The van der Waals surface area contributed by atoms with Gasteiger partial charge in [-0.25, -0.2) is 0 Å². The lowest BCUT2D eigenvalue weighted by Gasteiger charge is -2.25. The lowest BCUT2D eigenvalue weighted by Crippen LogP contribution is -2.35. The highest BCUT2D eigenvalue weighted by Gasteiger charge is 2.18. The van der Waals surface area contributed by atoms with E-state index in [1.54, 1.807) is 0 Å². The summed E-state index contributed by atoms with van der Waals surface area (Å²) in [5, 5.41) is 12.2. The first-order valence-corrected chi connectivity index (χ1v) is 7.05. The zero-order valence-corrected chi connectivity index (χ0v) is 11.6. The van der Waals surface area contributed by atoms with Gasteiger partial charge in [0.15, 0.2) is 0 Å². The first-order chi connectivity index (χ1) is 8.67. The number of carbonyl (C=O) groups excluding carboxylic acids is 1. The Morgan fingerprint density at radius 2 is 2.39 bits per heavy atom. The highest BCUT2D eigenvalue weighted by molar-refractivity contribution is 5.76. The molecule has 1 rings (SSSR count). The number of carbonyl (C=O) groups is 1. The van der Waals surface area contributed by atoms with Crippen molar-refractivity contribution in [2.45, 2.75) is 39.5 Å². The molecule has 1 heterocycles. The normalized spacial score (nSPS) is 21.1. The second-order valence-electron chi connectivity index (χ2n) is 5.21. The van der Waals surface area contributed by atoms with Gasteiger partial charge < -0.3 is 10.2 Å². The van der Waals surface area contributed by atoms with E-state index in [0.29, 0.717) is 25.4 Å². The third-order valence-electron chi connectivity index (χ3n) is 3.61. The van der Waals surface area contributed by atoms with Crippen molar-refractivity contribution in [3.05, 3.63) is 0 Å². The molecule has 0 saturated carbocycles. The lowest BCUT2D eigenvalue weighted by molar-refractivity contribution is -0.131. The van der Waals surface area contributed by atoms with E-state index in [0.717, 1.165) is 19.5 Å². The Hall–Kier alpha value is -1.08. The molecule has 1 N–H and O–H groups in total. The van der Waals surface area contributed by atoms with Gasteiger partial charge in [0.1, 0.15) is 0 Å². The molecule has 1 amide bonds. The summed E-state index contributed by atoms with van der Waals surface area (Å²) < 4.78 is 0. The molecule has 2 unspecified atom stereocenters. The van der Waals surface area contributed by atoms with Crippen molar-refractivity contribution in [2.75, 3.05) is 26.2 Å². The van der Waals surface area contributed by atoms with Crippen molar-refractivity contribution >= 4 is 5.91 Å². The maximum Gasteiger partial charge on any atom is 0.222 e. The first-order valence-electron chi connectivity index (χ1n) is 7.05. The Bertz CT molecular complexity index is 292. The Labute approximate surface area is 110 Å². The molecule has 4 heteroatoms. The number of hydrogen-bond donors (Lipinski definition) is 1. The Morgan fingerprint density at radius 1 is 1.61 bits per heavy atom. The molecule has 0 spiro atoms. The predicted octanol–water partition coefficient (Wildman–Crippen LogP) is 1.77. The average molecular weight is 251 g/mol. The predicted molar refractivity (Wildman–Crippen MR) is 71.9 cm³/mol. The number of nitrogens with zero attached hydrogens (tertiary/aromatic N) is 2. The van der Waals surface area contributed by atoms with E-state index in [1.807, 2.05) is 18.7 Å². The molecule has 1 aliphatic rings. The summed E-state index contributed by atoms with van der Waals surface area (Å²) >= 11 is 0. The van der Waals surface area contributed by atoms with Gasteiger partial charge >= 0.3 is 0 Å². The number of rotatable bonds is 6. The summed E-state index contributed by atoms with van der Waals surface area (Å²) in [5.74, 6) is 0.769. The largest absolute Gasteiger partial charge is 0.342 e. The third-order valence-corrected chi connectivity index (χ3v) is 3.61. The number of amides is 1. The van der Waals surface area contributed by atoms with Crippen LogP contribution < -0.4 is 5.32 Å². The fraction of sp³-hybridized carbons (Fsp3) is 0.857. The molecule has 1 fully saturated rings. The first kappa shape index (κ1) is 15.0. The summed E-state index contributed by atoms with van der Waals surface area (Å²) in [7, 11) is 0. The van der Waals surface area contributed by atoms with Crippen LogP contribution in [0.15, 0.2) is 0 Å². The SMILES string of the molecule is CCN(CC(C)C#N)C(=O)CCC1CCCNC1. The Kier molecular flexibility index (Phi) is 6.74. The van der Waals surface area contributed by atoms with Gasteiger partial charge in [-0.2, -0.15) is 5.26 Å². The van der Waals surface area contributed by atoms with Gasteiger partial charge in [0.2, 0.25) is 5.91 Å². The van der Waals surface area contributed by atoms with Crippen LogP contribution in [-0.4, -0.2) is 37.0 Å². The van der Waals surface area contributed by atoms with E-state index in [2.05, 4.69) is 11.4 Å². The molecule has 2 atom stereocenters. The van der Waals surface area contributed by atoms with E-state index in [4.69, 9.17) is 5.26 Å². The number of piperidine rings is 1. The lowest BCUT2D eigenvalue weighted by atomic mass is 9.94. The van der Waals surface area contributed by atoms with Crippen LogP contribution in [0.25, 0.3) is 0 Å². The quantitative estimate of drug-likeness (QED) is 0.783. The molecular weight excluding hydrogens is 226 g/mol. The molecular formula is C14H25N3O. The molecule has 0 aromatic rings. The fourth-order valence-corrected chi connectivity index (χ4v) is 2.43. The Morgan fingerprint density at radius 3 is 2.94 bits per heavy atom. The summed E-state index contributed by atoms with van der Waals surface area (Å²) in [6.07, 6.45) is 4.06. The van der Waals surface area contributed by atoms with Crippen LogP contribution in [0.2, 0.25) is 0 Å². The van der Waals surface area contributed by atoms with E-state index < -0.39 is 0 Å². The summed E-state index contributed by atoms with van der Waals surface area (Å²) in [4.78, 5) is 13.9. The molecule has 0 aliphatic carbocycles. The van der Waals surface area contributed by atoms with Crippen LogP contribution in [0.3, 0.4) is 0 Å². The summed E-state index contributed by atoms with van der Waals surface area (Å²) in [6, 6.07) is 2.19. The van der Waals surface area contributed by atoms with Crippen molar-refractivity contribution in [3.8, 4) is 6.07 Å². The maximum absolute atomic E-state index is 12.1. The monoisotopic (exact) mass is 251 g/mol. The highest BCUT2D eigenvalue weighted by atomic mass is 16.2. The molecule has 0 radical (unpaired) electrons. The topological polar surface area (TPSA) is 56.1 Å². The minimum absolute atomic E-state index is 0.0785. The van der Waals surface area contributed by atoms with Crippen molar-refractivity contribution in [1.82, 2.24) is 10.2 Å². The minimum Gasteiger partial charge on any atom is -0.342 e. The second-order valence-corrected chi connectivity index (χ2v) is 5.21. The Balaban J connectivity index is 2.30. The number of hydrogen-bond acceptors (Lipinski definition) is 3. The number of nitrogens with one attached hydrogen (secondary N) is 1. The van der Waals surface area contributed by atoms with Gasteiger partial charge in [-0.05, 0) is 52.1 Å². The molecule has 18 heavy (non-hydrogen) atoms. The van der Waals surface area contributed by atoms with Gasteiger partial charge in [0.05, 0.1) is 12.0 Å². The van der Waals surface area contributed by atoms with E-state index in [-0.39, 0.29) is 11.8 Å². The van der Waals surface area contributed by atoms with Crippen molar-refractivity contribution in [3.63, 3.8) is 0 Å². The van der Waals surface area contributed by atoms with Gasteiger partial charge in [-0.1, -0.05) is 0 Å². The molecule has 0 bridgehead atoms. The van der Waals surface area contributed by atoms with Gasteiger partial charge in [-0.3, -0.25) is 4.79 Å². The molecule has 0 aromatic heterocycles. The molecule has 1 saturated heterocycles. The van der Waals surface area contributed by atoms with Crippen LogP contribution in [-0.2, 0) is 4.79 Å². The van der Waals surface area contributed by atoms with Crippen molar-refractivity contribution in [2.24, 2.45) is 11.8 Å². The van der Waals surface area contributed by atoms with Gasteiger partial charge in [-0.15, -0.1) is 0 Å². The molecule has 0 aromatic carbocycles. The zero-order chi connectivity index (χ0) is 13.4. The standard InChI is InChI=1S/C14H25N3O/c1-3-17(11-12(2)9-15)14(18)7-6-13-5-4-8-16-10-13/h12-13,16H,3-8,10-11H2,1-2H3. The zero-order valence-electron chi connectivity index (χ0n) is 11.6. The van der Waals surface area contributed by atoms with E-state index in [9.17, 15) is 4.79 Å². The fourth-order valence-electron chi connectivity index (χ4n) is 2.43. The van der Waals surface area contributed by atoms with Gasteiger partial charge in [0.25, 0.3) is 0 Å². The molecule has 1 aliphatic heterocycles. The van der Waals surface area contributed by atoms with E-state index >= 15 is 0 Å². The molecule has 102 valence electrons. The smallest absolute Gasteiger partial charge is 0.222 e. The van der Waals surface area contributed by atoms with Crippen LogP contribution in [0, 0.1) is 23.2 Å².